The number of hydrogen-bond donors (Lipinski definition) is 1. The van der Waals surface area contributed by atoms with Crippen LogP contribution >= 0.6 is 34.2 Å². The van der Waals surface area contributed by atoms with E-state index in [1.165, 1.54) is 0 Å². The fourth-order valence-electron chi connectivity index (χ4n) is 1.65. The number of nitrogens with one attached hydrogen (secondary N) is 1. The van der Waals surface area contributed by atoms with Gasteiger partial charge in [0.15, 0.2) is 0 Å². The summed E-state index contributed by atoms with van der Waals surface area (Å²) in [6.07, 6.45) is 1.67. The topological polar surface area (TPSA) is 46.9 Å². The number of nitrogens with zero attached hydrogens (tertiary/aromatic N) is 2. The summed E-state index contributed by atoms with van der Waals surface area (Å²) in [5.41, 5.74) is 0.574. The number of benzene rings is 1. The molecule has 0 fully saturated rings. The minimum absolute atomic E-state index is 0.169. The van der Waals surface area contributed by atoms with E-state index in [0.717, 1.165) is 3.57 Å². The molecule has 100 valence electrons. The smallest absolute Gasteiger partial charge is 0.256 e. The SMILES string of the molecule is CC(C)n1nccc1NC(=O)c1ccc(Cl)c(I)c1. The van der Waals surface area contributed by atoms with E-state index < -0.39 is 0 Å². The van der Waals surface area contributed by atoms with Gasteiger partial charge in [0.2, 0.25) is 0 Å². The van der Waals surface area contributed by atoms with E-state index in [4.69, 9.17) is 11.6 Å². The largest absolute Gasteiger partial charge is 0.307 e. The Labute approximate surface area is 130 Å². The summed E-state index contributed by atoms with van der Waals surface area (Å²) in [4.78, 5) is 12.2. The van der Waals surface area contributed by atoms with Crippen molar-refractivity contribution in [2.75, 3.05) is 5.32 Å². The number of rotatable bonds is 3. The highest BCUT2D eigenvalue weighted by molar-refractivity contribution is 14.1. The third-order valence-corrected chi connectivity index (χ3v) is 4.12. The summed E-state index contributed by atoms with van der Waals surface area (Å²) in [6, 6.07) is 7.15. The maximum absolute atomic E-state index is 12.2. The van der Waals surface area contributed by atoms with Gasteiger partial charge in [-0.2, -0.15) is 5.10 Å². The van der Waals surface area contributed by atoms with Crippen LogP contribution in [0.2, 0.25) is 5.02 Å². The van der Waals surface area contributed by atoms with Crippen molar-refractivity contribution in [2.45, 2.75) is 19.9 Å². The molecule has 0 saturated heterocycles. The van der Waals surface area contributed by atoms with E-state index in [2.05, 4.69) is 33.0 Å². The molecule has 0 atom stereocenters. The third-order valence-electron chi connectivity index (χ3n) is 2.58. The van der Waals surface area contributed by atoms with Gasteiger partial charge < -0.3 is 5.32 Å². The van der Waals surface area contributed by atoms with E-state index >= 15 is 0 Å². The number of aromatic nitrogens is 2. The second kappa shape index (κ2) is 5.92. The molecule has 0 aliphatic rings. The van der Waals surface area contributed by atoms with Crippen LogP contribution in [0.4, 0.5) is 5.82 Å². The van der Waals surface area contributed by atoms with Gasteiger partial charge in [-0.3, -0.25) is 4.79 Å². The molecular weight excluding hydrogens is 377 g/mol. The minimum atomic E-state index is -0.169. The number of anilines is 1. The number of halogens is 2. The normalized spacial score (nSPS) is 10.8. The molecule has 0 aliphatic carbocycles. The van der Waals surface area contributed by atoms with Gasteiger partial charge in [-0.1, -0.05) is 11.6 Å². The molecule has 19 heavy (non-hydrogen) atoms. The summed E-state index contributed by atoms with van der Waals surface area (Å²) < 4.78 is 2.61. The monoisotopic (exact) mass is 389 g/mol. The van der Waals surface area contributed by atoms with E-state index in [1.807, 2.05) is 13.8 Å². The van der Waals surface area contributed by atoms with Crippen molar-refractivity contribution >= 4 is 45.9 Å². The summed E-state index contributed by atoms with van der Waals surface area (Å²) in [6.45, 7) is 4.02. The summed E-state index contributed by atoms with van der Waals surface area (Å²) in [5.74, 6) is 0.516. The fraction of sp³-hybridized carbons (Fsp3) is 0.231. The molecule has 0 saturated carbocycles. The molecule has 0 aliphatic heterocycles. The zero-order valence-corrected chi connectivity index (χ0v) is 13.4. The Balaban J connectivity index is 2.21. The molecule has 2 rings (SSSR count). The summed E-state index contributed by atoms with van der Waals surface area (Å²) in [5, 5.41) is 7.67. The van der Waals surface area contributed by atoms with Gasteiger partial charge in [-0.15, -0.1) is 0 Å². The van der Waals surface area contributed by atoms with E-state index in [9.17, 15) is 4.79 Å². The van der Waals surface area contributed by atoms with Crippen LogP contribution in [-0.4, -0.2) is 15.7 Å². The van der Waals surface area contributed by atoms with Crippen molar-refractivity contribution in [3.05, 3.63) is 44.6 Å². The van der Waals surface area contributed by atoms with Gasteiger partial charge in [0.25, 0.3) is 5.91 Å². The molecule has 0 unspecified atom stereocenters. The Morgan fingerprint density at radius 3 is 2.79 bits per heavy atom. The van der Waals surface area contributed by atoms with Crippen molar-refractivity contribution in [1.29, 1.82) is 0 Å². The first-order chi connectivity index (χ1) is 8.99. The van der Waals surface area contributed by atoms with E-state index in [-0.39, 0.29) is 11.9 Å². The van der Waals surface area contributed by atoms with Crippen LogP contribution in [0.15, 0.2) is 30.5 Å². The number of carbonyl (C=O) groups is 1. The Kier molecular flexibility index (Phi) is 4.46. The molecule has 1 N–H and O–H groups in total. The van der Waals surface area contributed by atoms with Crippen LogP contribution < -0.4 is 5.32 Å². The summed E-state index contributed by atoms with van der Waals surface area (Å²) in [7, 11) is 0. The molecular formula is C13H13ClIN3O. The van der Waals surface area contributed by atoms with Gasteiger partial charge in [0, 0.05) is 21.2 Å². The average Bonchev–Trinajstić information content (AvgIpc) is 2.80. The second-order valence-corrected chi connectivity index (χ2v) is 5.91. The highest BCUT2D eigenvalue weighted by Gasteiger charge is 2.12. The number of amides is 1. The van der Waals surface area contributed by atoms with E-state index in [1.54, 1.807) is 35.1 Å². The number of hydrogen-bond acceptors (Lipinski definition) is 2. The lowest BCUT2D eigenvalue weighted by molar-refractivity contribution is 0.102. The Morgan fingerprint density at radius 1 is 1.42 bits per heavy atom. The molecule has 1 aromatic carbocycles. The van der Waals surface area contributed by atoms with Crippen molar-refractivity contribution < 1.29 is 4.79 Å². The predicted octanol–water partition coefficient (Wildman–Crippen LogP) is 3.97. The van der Waals surface area contributed by atoms with Crippen LogP contribution in [0.25, 0.3) is 0 Å². The average molecular weight is 390 g/mol. The number of carbonyl (C=O) groups excluding carboxylic acids is 1. The third kappa shape index (κ3) is 3.27. The van der Waals surface area contributed by atoms with Crippen LogP contribution in [0.3, 0.4) is 0 Å². The van der Waals surface area contributed by atoms with Gasteiger partial charge in [-0.05, 0) is 54.6 Å². The maximum atomic E-state index is 12.2. The predicted molar refractivity (Wildman–Crippen MR) is 84.7 cm³/mol. The molecule has 1 amide bonds. The Hall–Kier alpha value is -1.08. The van der Waals surface area contributed by atoms with Gasteiger partial charge in [0.05, 0.1) is 11.2 Å². The Morgan fingerprint density at radius 2 is 2.16 bits per heavy atom. The summed E-state index contributed by atoms with van der Waals surface area (Å²) >= 11 is 8.04. The molecule has 0 spiro atoms. The van der Waals surface area contributed by atoms with Crippen molar-refractivity contribution in [1.82, 2.24) is 9.78 Å². The lowest BCUT2D eigenvalue weighted by Gasteiger charge is -2.12. The molecule has 1 aromatic heterocycles. The van der Waals surface area contributed by atoms with Crippen LogP contribution in [0, 0.1) is 3.57 Å². The molecule has 0 bridgehead atoms. The maximum Gasteiger partial charge on any atom is 0.256 e. The molecule has 4 nitrogen and oxygen atoms in total. The van der Waals surface area contributed by atoms with Crippen LogP contribution in [-0.2, 0) is 0 Å². The first-order valence-corrected chi connectivity index (χ1v) is 7.24. The molecule has 0 radical (unpaired) electrons. The molecule has 6 heteroatoms. The fourth-order valence-corrected chi connectivity index (χ4v) is 2.28. The van der Waals surface area contributed by atoms with Crippen molar-refractivity contribution in [3.63, 3.8) is 0 Å². The Bertz CT molecular complexity index is 610. The van der Waals surface area contributed by atoms with Gasteiger partial charge in [-0.25, -0.2) is 4.68 Å². The first-order valence-electron chi connectivity index (χ1n) is 5.79. The first kappa shape index (κ1) is 14.3. The van der Waals surface area contributed by atoms with Gasteiger partial charge in [0.1, 0.15) is 5.82 Å². The zero-order valence-electron chi connectivity index (χ0n) is 10.5. The standard InChI is InChI=1S/C13H13ClIN3O/c1-8(2)18-12(5-6-16-18)17-13(19)9-3-4-10(14)11(15)7-9/h3-8H,1-2H3,(H,17,19). The highest BCUT2D eigenvalue weighted by Crippen LogP contribution is 2.20. The zero-order chi connectivity index (χ0) is 14.0. The second-order valence-electron chi connectivity index (χ2n) is 4.34. The molecule has 2 aromatic rings. The minimum Gasteiger partial charge on any atom is -0.307 e. The van der Waals surface area contributed by atoms with Crippen LogP contribution in [0.5, 0.6) is 0 Å². The van der Waals surface area contributed by atoms with Crippen molar-refractivity contribution in [3.8, 4) is 0 Å². The molecule has 1 heterocycles. The quantitative estimate of drug-likeness (QED) is 0.807. The lowest BCUT2D eigenvalue weighted by Crippen LogP contribution is -2.16. The van der Waals surface area contributed by atoms with E-state index in [0.29, 0.717) is 16.4 Å². The van der Waals surface area contributed by atoms with Crippen molar-refractivity contribution in [2.24, 2.45) is 0 Å². The van der Waals surface area contributed by atoms with Gasteiger partial charge >= 0.3 is 0 Å². The lowest BCUT2D eigenvalue weighted by atomic mass is 10.2. The van der Waals surface area contributed by atoms with Crippen LogP contribution in [0.1, 0.15) is 30.2 Å². The highest BCUT2D eigenvalue weighted by atomic mass is 127.